The molecule has 18 heavy (non-hydrogen) atoms. The molecule has 0 saturated carbocycles. The SMILES string of the molecule is Cc1[nH]c(CC2CCCNC2)nc1-c1cccs1. The van der Waals surface area contributed by atoms with Gasteiger partial charge in [0.15, 0.2) is 0 Å². The van der Waals surface area contributed by atoms with E-state index in [1.807, 2.05) is 0 Å². The largest absolute Gasteiger partial charge is 0.346 e. The molecule has 3 heterocycles. The highest BCUT2D eigenvalue weighted by Crippen LogP contribution is 2.26. The van der Waals surface area contributed by atoms with Gasteiger partial charge in [-0.15, -0.1) is 11.3 Å². The van der Waals surface area contributed by atoms with Crippen LogP contribution in [-0.4, -0.2) is 23.1 Å². The number of aromatic nitrogens is 2. The van der Waals surface area contributed by atoms with Gasteiger partial charge in [-0.1, -0.05) is 6.07 Å². The van der Waals surface area contributed by atoms with Gasteiger partial charge in [0.2, 0.25) is 0 Å². The molecular formula is C14H19N3S. The Morgan fingerprint density at radius 2 is 2.44 bits per heavy atom. The first-order chi connectivity index (χ1) is 8.83. The fraction of sp³-hybridized carbons (Fsp3) is 0.500. The number of hydrogen-bond acceptors (Lipinski definition) is 3. The number of aromatic amines is 1. The van der Waals surface area contributed by atoms with E-state index in [1.165, 1.54) is 30.0 Å². The quantitative estimate of drug-likeness (QED) is 0.891. The summed E-state index contributed by atoms with van der Waals surface area (Å²) in [5.74, 6) is 1.88. The third kappa shape index (κ3) is 2.49. The molecule has 2 aromatic heterocycles. The topological polar surface area (TPSA) is 40.7 Å². The van der Waals surface area contributed by atoms with Gasteiger partial charge in [-0.3, -0.25) is 0 Å². The summed E-state index contributed by atoms with van der Waals surface area (Å²) in [6.45, 7) is 4.42. The second kappa shape index (κ2) is 5.24. The zero-order valence-electron chi connectivity index (χ0n) is 10.7. The van der Waals surface area contributed by atoms with Crippen molar-refractivity contribution in [2.75, 3.05) is 13.1 Å². The molecule has 2 aromatic rings. The first kappa shape index (κ1) is 11.9. The fourth-order valence-corrected chi connectivity index (χ4v) is 3.42. The molecule has 2 N–H and O–H groups in total. The number of nitrogens with zero attached hydrogens (tertiary/aromatic N) is 1. The van der Waals surface area contributed by atoms with E-state index in [-0.39, 0.29) is 0 Å². The highest BCUT2D eigenvalue weighted by molar-refractivity contribution is 7.13. The maximum Gasteiger partial charge on any atom is 0.107 e. The number of thiophene rings is 1. The molecule has 1 fully saturated rings. The third-order valence-electron chi connectivity index (χ3n) is 3.57. The average molecular weight is 261 g/mol. The van der Waals surface area contributed by atoms with Gasteiger partial charge in [-0.2, -0.15) is 0 Å². The van der Waals surface area contributed by atoms with Crippen LogP contribution in [0.5, 0.6) is 0 Å². The van der Waals surface area contributed by atoms with Gasteiger partial charge in [0, 0.05) is 12.1 Å². The summed E-state index contributed by atoms with van der Waals surface area (Å²) in [6.07, 6.45) is 3.68. The van der Waals surface area contributed by atoms with Crippen LogP contribution < -0.4 is 5.32 Å². The lowest BCUT2D eigenvalue weighted by Crippen LogP contribution is -2.31. The van der Waals surface area contributed by atoms with Crippen LogP contribution in [0.2, 0.25) is 0 Å². The van der Waals surface area contributed by atoms with Crippen LogP contribution in [0.1, 0.15) is 24.4 Å². The summed E-state index contributed by atoms with van der Waals surface area (Å²) in [5, 5.41) is 5.57. The van der Waals surface area contributed by atoms with E-state index in [9.17, 15) is 0 Å². The summed E-state index contributed by atoms with van der Waals surface area (Å²) in [7, 11) is 0. The van der Waals surface area contributed by atoms with E-state index in [2.05, 4.69) is 34.7 Å². The molecule has 96 valence electrons. The molecule has 3 nitrogen and oxygen atoms in total. The van der Waals surface area contributed by atoms with Crippen molar-refractivity contribution in [1.29, 1.82) is 0 Å². The van der Waals surface area contributed by atoms with Crippen molar-refractivity contribution in [1.82, 2.24) is 15.3 Å². The van der Waals surface area contributed by atoms with Gasteiger partial charge in [0.25, 0.3) is 0 Å². The molecule has 0 amide bonds. The minimum atomic E-state index is 0.737. The van der Waals surface area contributed by atoms with E-state index < -0.39 is 0 Å². The van der Waals surface area contributed by atoms with Crippen molar-refractivity contribution in [2.24, 2.45) is 5.92 Å². The van der Waals surface area contributed by atoms with Crippen molar-refractivity contribution >= 4 is 11.3 Å². The molecular weight excluding hydrogens is 242 g/mol. The smallest absolute Gasteiger partial charge is 0.107 e. The Hall–Kier alpha value is -1.13. The van der Waals surface area contributed by atoms with Gasteiger partial charge in [0.05, 0.1) is 4.88 Å². The van der Waals surface area contributed by atoms with Crippen molar-refractivity contribution in [3.05, 3.63) is 29.0 Å². The Bertz CT molecular complexity index is 495. The van der Waals surface area contributed by atoms with E-state index in [4.69, 9.17) is 4.98 Å². The Morgan fingerprint density at radius 1 is 1.50 bits per heavy atom. The minimum Gasteiger partial charge on any atom is -0.346 e. The van der Waals surface area contributed by atoms with Crippen molar-refractivity contribution in [2.45, 2.75) is 26.2 Å². The molecule has 0 aromatic carbocycles. The summed E-state index contributed by atoms with van der Waals surface area (Å²) < 4.78 is 0. The molecule has 1 atom stereocenters. The molecule has 3 rings (SSSR count). The maximum absolute atomic E-state index is 4.77. The summed E-state index contributed by atoms with van der Waals surface area (Å²) in [5.41, 5.74) is 2.32. The molecule has 1 saturated heterocycles. The van der Waals surface area contributed by atoms with E-state index >= 15 is 0 Å². The number of imidazole rings is 1. The van der Waals surface area contributed by atoms with Crippen LogP contribution in [0, 0.1) is 12.8 Å². The van der Waals surface area contributed by atoms with Crippen LogP contribution in [0.15, 0.2) is 17.5 Å². The molecule has 0 bridgehead atoms. The van der Waals surface area contributed by atoms with Crippen molar-refractivity contribution in [3.8, 4) is 10.6 Å². The van der Waals surface area contributed by atoms with Crippen LogP contribution >= 0.6 is 11.3 Å². The Balaban J connectivity index is 1.75. The lowest BCUT2D eigenvalue weighted by Gasteiger charge is -2.21. The van der Waals surface area contributed by atoms with Gasteiger partial charge >= 0.3 is 0 Å². The second-order valence-electron chi connectivity index (χ2n) is 5.05. The number of H-pyrrole nitrogens is 1. The summed E-state index contributed by atoms with van der Waals surface area (Å²) in [6, 6.07) is 4.22. The third-order valence-corrected chi connectivity index (χ3v) is 4.45. The predicted octanol–water partition coefficient (Wildman–Crippen LogP) is 2.99. The highest BCUT2D eigenvalue weighted by atomic mass is 32.1. The van der Waals surface area contributed by atoms with Crippen LogP contribution in [0.3, 0.4) is 0 Å². The van der Waals surface area contributed by atoms with E-state index in [0.29, 0.717) is 0 Å². The molecule has 0 radical (unpaired) electrons. The molecule has 0 spiro atoms. The van der Waals surface area contributed by atoms with Gasteiger partial charge < -0.3 is 10.3 Å². The van der Waals surface area contributed by atoms with Crippen LogP contribution in [-0.2, 0) is 6.42 Å². The van der Waals surface area contributed by atoms with E-state index in [0.717, 1.165) is 30.4 Å². The lowest BCUT2D eigenvalue weighted by molar-refractivity contribution is 0.371. The Morgan fingerprint density at radius 3 is 3.17 bits per heavy atom. The number of piperidine rings is 1. The highest BCUT2D eigenvalue weighted by Gasteiger charge is 2.17. The van der Waals surface area contributed by atoms with Gasteiger partial charge in [0.1, 0.15) is 11.5 Å². The zero-order valence-corrected chi connectivity index (χ0v) is 11.5. The monoisotopic (exact) mass is 261 g/mol. The second-order valence-corrected chi connectivity index (χ2v) is 6.00. The first-order valence-corrected chi connectivity index (χ1v) is 7.51. The van der Waals surface area contributed by atoms with Crippen LogP contribution in [0.4, 0.5) is 0 Å². The molecule has 0 aliphatic carbocycles. The van der Waals surface area contributed by atoms with Gasteiger partial charge in [-0.25, -0.2) is 4.98 Å². The van der Waals surface area contributed by atoms with Gasteiger partial charge in [-0.05, 0) is 50.2 Å². The normalized spacial score (nSPS) is 20.2. The Kier molecular flexibility index (Phi) is 3.48. The standard InChI is InChI=1S/C14H19N3S/c1-10-14(12-5-3-7-18-12)17-13(16-10)8-11-4-2-6-15-9-11/h3,5,7,11,15H,2,4,6,8-9H2,1H3,(H,16,17). The predicted molar refractivity (Wildman–Crippen MR) is 75.9 cm³/mol. The number of aryl methyl sites for hydroxylation is 1. The fourth-order valence-electron chi connectivity index (χ4n) is 2.64. The van der Waals surface area contributed by atoms with Crippen molar-refractivity contribution < 1.29 is 0 Å². The molecule has 1 aliphatic rings. The van der Waals surface area contributed by atoms with E-state index in [1.54, 1.807) is 11.3 Å². The number of rotatable bonds is 3. The van der Waals surface area contributed by atoms with Crippen molar-refractivity contribution in [3.63, 3.8) is 0 Å². The summed E-state index contributed by atoms with van der Waals surface area (Å²) in [4.78, 5) is 9.48. The minimum absolute atomic E-state index is 0.737. The average Bonchev–Trinajstić information content (AvgIpc) is 3.00. The summed E-state index contributed by atoms with van der Waals surface area (Å²) >= 11 is 1.75. The molecule has 4 heteroatoms. The number of nitrogens with one attached hydrogen (secondary N) is 2. The number of hydrogen-bond donors (Lipinski definition) is 2. The maximum atomic E-state index is 4.77. The zero-order chi connectivity index (χ0) is 12.4. The first-order valence-electron chi connectivity index (χ1n) is 6.63. The molecule has 1 aliphatic heterocycles. The molecule has 1 unspecified atom stereocenters. The lowest BCUT2D eigenvalue weighted by atomic mass is 9.96. The van der Waals surface area contributed by atoms with Crippen LogP contribution in [0.25, 0.3) is 10.6 Å². The Labute approximate surface area is 112 Å².